The highest BCUT2D eigenvalue weighted by molar-refractivity contribution is 6.13. The maximum absolute atomic E-state index is 12.0. The molecule has 2 aliphatic carbocycles. The summed E-state index contributed by atoms with van der Waals surface area (Å²) in [6.07, 6.45) is 13.6. The molecule has 2 unspecified atom stereocenters. The molecule has 2 atom stereocenters. The third-order valence-corrected chi connectivity index (χ3v) is 6.79. The maximum atomic E-state index is 12.0. The lowest BCUT2D eigenvalue weighted by Gasteiger charge is -2.49. The Morgan fingerprint density at radius 1 is 0.885 bits per heavy atom. The normalized spacial score (nSPS) is 27.1. The van der Waals surface area contributed by atoms with Crippen molar-refractivity contribution < 1.29 is 19.8 Å². The van der Waals surface area contributed by atoms with Crippen LogP contribution in [-0.4, -0.2) is 22.2 Å². The Kier molecular flexibility index (Phi) is 7.72. The molecule has 2 rings (SSSR count). The molecule has 148 valence electrons. The molecule has 0 aromatic carbocycles. The van der Waals surface area contributed by atoms with Gasteiger partial charge in [0.1, 0.15) is 5.57 Å². The molecule has 2 aliphatic rings. The number of rotatable bonds is 8. The van der Waals surface area contributed by atoms with Crippen LogP contribution in [0.5, 0.6) is 0 Å². The standard InChI is InChI=1S/C22H36O4/c1-3-10-17-13-8-9-15-22(17,14-4-2)19(16-11-6-5-7-12-16)18(20(23)24)21(25)26/h16-17H,3-15H2,1-2H3,(H,23,24)(H,25,26). The van der Waals surface area contributed by atoms with Crippen molar-refractivity contribution in [1.82, 2.24) is 0 Å². The molecule has 0 spiro atoms. The van der Waals surface area contributed by atoms with Crippen LogP contribution in [-0.2, 0) is 9.59 Å². The van der Waals surface area contributed by atoms with E-state index in [-0.39, 0.29) is 16.9 Å². The first-order chi connectivity index (χ1) is 12.5. The van der Waals surface area contributed by atoms with E-state index in [0.29, 0.717) is 5.92 Å². The third-order valence-electron chi connectivity index (χ3n) is 6.79. The predicted molar refractivity (Wildman–Crippen MR) is 103 cm³/mol. The van der Waals surface area contributed by atoms with Crippen molar-refractivity contribution in [3.8, 4) is 0 Å². The van der Waals surface area contributed by atoms with Crippen LogP contribution in [0.25, 0.3) is 0 Å². The van der Waals surface area contributed by atoms with Crippen LogP contribution in [0.4, 0.5) is 0 Å². The molecule has 2 fully saturated rings. The Bertz CT molecular complexity index is 508. The fourth-order valence-electron chi connectivity index (χ4n) is 5.92. The van der Waals surface area contributed by atoms with Gasteiger partial charge in [0.15, 0.2) is 0 Å². The van der Waals surface area contributed by atoms with Gasteiger partial charge >= 0.3 is 11.9 Å². The Hall–Kier alpha value is -1.32. The number of allylic oxidation sites excluding steroid dienone is 1. The summed E-state index contributed by atoms with van der Waals surface area (Å²) in [4.78, 5) is 24.1. The predicted octanol–water partition coefficient (Wildman–Crippen LogP) is 5.81. The number of hydrogen-bond acceptors (Lipinski definition) is 2. The number of carboxylic acid groups (broad SMARTS) is 2. The highest BCUT2D eigenvalue weighted by Gasteiger charge is 2.47. The zero-order chi connectivity index (χ0) is 19.2. The first kappa shape index (κ1) is 21.0. The Morgan fingerprint density at radius 3 is 2.04 bits per heavy atom. The maximum Gasteiger partial charge on any atom is 0.343 e. The molecule has 0 heterocycles. The molecule has 0 amide bonds. The third kappa shape index (κ3) is 4.32. The average Bonchev–Trinajstić information content (AvgIpc) is 2.61. The minimum atomic E-state index is -1.24. The second kappa shape index (κ2) is 9.57. The van der Waals surface area contributed by atoms with Gasteiger partial charge in [-0.25, -0.2) is 9.59 Å². The Labute approximate surface area is 158 Å². The number of aliphatic carboxylic acids is 2. The van der Waals surface area contributed by atoms with E-state index in [1.54, 1.807) is 0 Å². The Morgan fingerprint density at radius 2 is 1.50 bits per heavy atom. The van der Waals surface area contributed by atoms with Gasteiger partial charge in [-0.15, -0.1) is 0 Å². The second-order valence-corrected chi connectivity index (χ2v) is 8.37. The van der Waals surface area contributed by atoms with Gasteiger partial charge in [-0.05, 0) is 61.3 Å². The SMILES string of the molecule is CCCC1CCCCC1(CCC)C(=C(C(=O)O)C(=O)O)C1CCCCC1. The van der Waals surface area contributed by atoms with Crippen LogP contribution < -0.4 is 0 Å². The van der Waals surface area contributed by atoms with Gasteiger partial charge in [0, 0.05) is 0 Å². The Balaban J connectivity index is 2.66. The van der Waals surface area contributed by atoms with Crippen LogP contribution in [0.2, 0.25) is 0 Å². The number of carboxylic acids is 2. The quantitative estimate of drug-likeness (QED) is 0.324. The fraction of sp³-hybridized carbons (Fsp3) is 0.818. The van der Waals surface area contributed by atoms with Gasteiger partial charge < -0.3 is 10.2 Å². The van der Waals surface area contributed by atoms with Crippen molar-refractivity contribution in [3.63, 3.8) is 0 Å². The lowest BCUT2D eigenvalue weighted by molar-refractivity contribution is -0.140. The molecule has 0 saturated heterocycles. The molecule has 0 bridgehead atoms. The fourth-order valence-corrected chi connectivity index (χ4v) is 5.92. The van der Waals surface area contributed by atoms with Crippen LogP contribution >= 0.6 is 0 Å². The van der Waals surface area contributed by atoms with Gasteiger partial charge in [0.2, 0.25) is 0 Å². The second-order valence-electron chi connectivity index (χ2n) is 8.37. The van der Waals surface area contributed by atoms with Gasteiger partial charge in [0.25, 0.3) is 0 Å². The van der Waals surface area contributed by atoms with E-state index >= 15 is 0 Å². The molecule has 0 radical (unpaired) electrons. The largest absolute Gasteiger partial charge is 0.477 e. The topological polar surface area (TPSA) is 74.6 Å². The van der Waals surface area contributed by atoms with Crippen molar-refractivity contribution in [2.45, 2.75) is 97.3 Å². The molecular weight excluding hydrogens is 328 g/mol. The van der Waals surface area contributed by atoms with Crippen molar-refractivity contribution in [3.05, 3.63) is 11.1 Å². The minimum absolute atomic E-state index is 0.134. The molecule has 2 saturated carbocycles. The first-order valence-corrected chi connectivity index (χ1v) is 10.7. The van der Waals surface area contributed by atoms with Crippen molar-refractivity contribution in [2.24, 2.45) is 17.3 Å². The van der Waals surface area contributed by atoms with Gasteiger partial charge in [0.05, 0.1) is 0 Å². The highest BCUT2D eigenvalue weighted by Crippen LogP contribution is 2.56. The van der Waals surface area contributed by atoms with E-state index in [0.717, 1.165) is 76.2 Å². The van der Waals surface area contributed by atoms with Crippen molar-refractivity contribution >= 4 is 11.9 Å². The summed E-state index contributed by atoms with van der Waals surface area (Å²) in [5.41, 5.74) is 0.294. The monoisotopic (exact) mass is 364 g/mol. The van der Waals surface area contributed by atoms with E-state index in [4.69, 9.17) is 0 Å². The number of carbonyl (C=O) groups is 2. The molecule has 4 heteroatoms. The summed E-state index contributed by atoms with van der Waals surface area (Å²) in [7, 11) is 0. The molecule has 0 aliphatic heterocycles. The molecule has 2 N–H and O–H groups in total. The average molecular weight is 365 g/mol. The van der Waals surface area contributed by atoms with Gasteiger partial charge in [-0.1, -0.05) is 58.8 Å². The molecule has 26 heavy (non-hydrogen) atoms. The molecule has 0 aromatic rings. The summed E-state index contributed by atoms with van der Waals surface area (Å²) >= 11 is 0. The summed E-state index contributed by atoms with van der Waals surface area (Å²) in [6.45, 7) is 4.34. The van der Waals surface area contributed by atoms with Gasteiger partial charge in [-0.2, -0.15) is 0 Å². The van der Waals surface area contributed by atoms with Crippen LogP contribution in [0.3, 0.4) is 0 Å². The van der Waals surface area contributed by atoms with Gasteiger partial charge in [-0.3, -0.25) is 0 Å². The molecule has 4 nitrogen and oxygen atoms in total. The summed E-state index contributed by atoms with van der Waals surface area (Å²) < 4.78 is 0. The van der Waals surface area contributed by atoms with Crippen LogP contribution in [0.15, 0.2) is 11.1 Å². The highest BCUT2D eigenvalue weighted by atomic mass is 16.4. The van der Waals surface area contributed by atoms with E-state index in [1.807, 2.05) is 0 Å². The van der Waals surface area contributed by atoms with Crippen LogP contribution in [0, 0.1) is 17.3 Å². The van der Waals surface area contributed by atoms with E-state index in [2.05, 4.69) is 13.8 Å². The van der Waals surface area contributed by atoms with Crippen molar-refractivity contribution in [1.29, 1.82) is 0 Å². The zero-order valence-electron chi connectivity index (χ0n) is 16.6. The molecule has 0 aromatic heterocycles. The van der Waals surface area contributed by atoms with Crippen molar-refractivity contribution in [2.75, 3.05) is 0 Å². The lowest BCUT2D eigenvalue weighted by Crippen LogP contribution is -2.41. The minimum Gasteiger partial charge on any atom is -0.477 e. The summed E-state index contributed by atoms with van der Waals surface area (Å²) in [5.74, 6) is -1.93. The van der Waals surface area contributed by atoms with E-state index in [9.17, 15) is 19.8 Å². The summed E-state index contributed by atoms with van der Waals surface area (Å²) in [6, 6.07) is 0. The summed E-state index contributed by atoms with van der Waals surface area (Å²) in [5, 5.41) is 19.7. The first-order valence-electron chi connectivity index (χ1n) is 10.7. The zero-order valence-corrected chi connectivity index (χ0v) is 16.6. The van der Waals surface area contributed by atoms with E-state index < -0.39 is 11.9 Å². The smallest absolute Gasteiger partial charge is 0.343 e. The van der Waals surface area contributed by atoms with Crippen LogP contribution in [0.1, 0.15) is 97.3 Å². The van der Waals surface area contributed by atoms with E-state index in [1.165, 1.54) is 12.8 Å². The lowest BCUT2D eigenvalue weighted by atomic mass is 9.54. The number of hydrogen-bond donors (Lipinski definition) is 2. The molecular formula is C22H36O4.